The van der Waals surface area contributed by atoms with Gasteiger partial charge in [-0.05, 0) is 66.6 Å². The van der Waals surface area contributed by atoms with Gasteiger partial charge in [0.1, 0.15) is 17.7 Å². The van der Waals surface area contributed by atoms with E-state index in [0.717, 1.165) is 35.7 Å². The Balaban J connectivity index is 1.87. The molecular weight excluding hydrogens is 626 g/mol. The number of nitrogens with one attached hydrogen (secondary N) is 3. The number of aryl methyl sites for hydroxylation is 1. The largest absolute Gasteiger partial charge is 0.390 e. The van der Waals surface area contributed by atoms with Gasteiger partial charge in [-0.3, -0.25) is 14.6 Å². The predicted molar refractivity (Wildman–Crippen MR) is 178 cm³/mol. The summed E-state index contributed by atoms with van der Waals surface area (Å²) in [5.74, 6) is -3.83. The van der Waals surface area contributed by atoms with E-state index in [1.165, 1.54) is 24.5 Å². The first kappa shape index (κ1) is 37.7. The maximum absolute atomic E-state index is 14.1. The smallest absolute Gasteiger partial charge is 0.252 e. The van der Waals surface area contributed by atoms with E-state index in [4.69, 9.17) is 0 Å². The van der Waals surface area contributed by atoms with Crippen LogP contribution in [0.25, 0.3) is 0 Å². The van der Waals surface area contributed by atoms with Crippen molar-refractivity contribution in [3.63, 3.8) is 0 Å². The number of aliphatic hydroxyl groups is 1. The molecule has 0 aliphatic rings. The Labute approximate surface area is 276 Å². The van der Waals surface area contributed by atoms with E-state index in [0.29, 0.717) is 32.2 Å². The van der Waals surface area contributed by atoms with Crippen LogP contribution in [-0.4, -0.2) is 66.1 Å². The minimum atomic E-state index is -3.86. The number of hydrogen-bond acceptors (Lipinski definition) is 7. The van der Waals surface area contributed by atoms with Crippen LogP contribution in [0, 0.1) is 11.6 Å². The van der Waals surface area contributed by atoms with Crippen molar-refractivity contribution in [2.45, 2.75) is 89.3 Å². The number of carbonyl (C=O) groups is 2. The van der Waals surface area contributed by atoms with Crippen molar-refractivity contribution in [1.29, 1.82) is 0 Å². The summed E-state index contributed by atoms with van der Waals surface area (Å²) >= 11 is 0. The molecule has 0 unspecified atom stereocenters. The molecule has 3 aromatic rings. The minimum Gasteiger partial charge on any atom is -0.390 e. The lowest BCUT2D eigenvalue weighted by Crippen LogP contribution is -2.57. The first-order valence-corrected chi connectivity index (χ1v) is 17.8. The average Bonchev–Trinajstić information content (AvgIpc) is 3.03. The zero-order chi connectivity index (χ0) is 34.4. The first-order valence-electron chi connectivity index (χ1n) is 16.1. The SMILES string of the molecule is CCCC(CCC)S(=O)(=O)C[C@@H](NC(=O)c1ccncc1)C(=O)N[C@@H](Cc1cc(F)cc(F)c1)[C@H](O)CNCc1cccc(CC)c1. The first-order chi connectivity index (χ1) is 22.4. The number of hydrogen-bond donors (Lipinski definition) is 4. The molecule has 12 heteroatoms. The Bertz CT molecular complexity index is 1530. The molecule has 47 heavy (non-hydrogen) atoms. The fourth-order valence-corrected chi connectivity index (χ4v) is 7.62. The number of pyridine rings is 1. The Morgan fingerprint density at radius 1 is 0.872 bits per heavy atom. The molecule has 3 atom stereocenters. The highest BCUT2D eigenvalue weighted by molar-refractivity contribution is 7.92. The third kappa shape index (κ3) is 12.1. The van der Waals surface area contributed by atoms with Gasteiger partial charge in [0.15, 0.2) is 9.84 Å². The van der Waals surface area contributed by atoms with Crippen LogP contribution in [0.15, 0.2) is 67.0 Å². The lowest BCUT2D eigenvalue weighted by atomic mass is 10.00. The van der Waals surface area contributed by atoms with Crippen molar-refractivity contribution in [2.75, 3.05) is 12.3 Å². The van der Waals surface area contributed by atoms with Gasteiger partial charge >= 0.3 is 0 Å². The van der Waals surface area contributed by atoms with Crippen molar-refractivity contribution < 1.29 is 31.9 Å². The maximum Gasteiger partial charge on any atom is 0.252 e. The fourth-order valence-electron chi connectivity index (χ4n) is 5.46. The lowest BCUT2D eigenvalue weighted by molar-refractivity contribution is -0.124. The molecule has 1 aromatic heterocycles. The van der Waals surface area contributed by atoms with E-state index in [2.05, 4.69) is 20.9 Å². The second-order valence-corrected chi connectivity index (χ2v) is 14.1. The van der Waals surface area contributed by atoms with E-state index < -0.39 is 62.5 Å². The number of aliphatic hydroxyl groups excluding tert-OH is 1. The molecule has 4 N–H and O–H groups in total. The average molecular weight is 673 g/mol. The van der Waals surface area contributed by atoms with Gasteiger partial charge in [0.2, 0.25) is 5.91 Å². The molecular formula is C35H46F2N4O5S. The second kappa shape index (κ2) is 18.6. The van der Waals surface area contributed by atoms with Crippen molar-refractivity contribution >= 4 is 21.7 Å². The van der Waals surface area contributed by atoms with Crippen LogP contribution in [-0.2, 0) is 34.0 Å². The zero-order valence-electron chi connectivity index (χ0n) is 27.2. The van der Waals surface area contributed by atoms with Crippen LogP contribution in [0.4, 0.5) is 8.78 Å². The molecule has 0 aliphatic heterocycles. The van der Waals surface area contributed by atoms with E-state index in [1.807, 2.05) is 45.0 Å². The molecule has 0 bridgehead atoms. The quantitative estimate of drug-likeness (QED) is 0.149. The molecule has 3 rings (SSSR count). The topological polar surface area (TPSA) is 137 Å². The highest BCUT2D eigenvalue weighted by Crippen LogP contribution is 2.18. The number of sulfone groups is 1. The molecule has 0 spiro atoms. The zero-order valence-corrected chi connectivity index (χ0v) is 28.0. The van der Waals surface area contributed by atoms with E-state index >= 15 is 0 Å². The van der Waals surface area contributed by atoms with Gasteiger partial charge in [-0.1, -0.05) is 57.9 Å². The summed E-state index contributed by atoms with van der Waals surface area (Å²) in [5, 5.41) is 19.0. The van der Waals surface area contributed by atoms with E-state index in [1.54, 1.807) is 0 Å². The summed E-state index contributed by atoms with van der Waals surface area (Å²) in [6.45, 7) is 6.22. The summed E-state index contributed by atoms with van der Waals surface area (Å²) in [5.41, 5.74) is 2.50. The van der Waals surface area contributed by atoms with Crippen LogP contribution in [0.1, 0.15) is 73.5 Å². The normalized spacial score (nSPS) is 13.6. The number of carbonyl (C=O) groups excluding carboxylic acids is 2. The molecule has 0 fully saturated rings. The Morgan fingerprint density at radius 2 is 1.51 bits per heavy atom. The number of amides is 2. The van der Waals surface area contributed by atoms with Gasteiger partial charge in [0, 0.05) is 37.1 Å². The number of rotatable bonds is 19. The van der Waals surface area contributed by atoms with Gasteiger partial charge in [-0.25, -0.2) is 17.2 Å². The highest BCUT2D eigenvalue weighted by Gasteiger charge is 2.34. The van der Waals surface area contributed by atoms with Crippen molar-refractivity contribution in [1.82, 2.24) is 20.9 Å². The molecule has 2 amide bonds. The number of aromatic nitrogens is 1. The van der Waals surface area contributed by atoms with Crippen LogP contribution in [0.2, 0.25) is 0 Å². The van der Waals surface area contributed by atoms with Gasteiger partial charge < -0.3 is 21.1 Å². The summed E-state index contributed by atoms with van der Waals surface area (Å²) in [7, 11) is -3.86. The molecule has 256 valence electrons. The van der Waals surface area contributed by atoms with E-state index in [-0.39, 0.29) is 24.1 Å². The number of halogens is 2. The Hall–Kier alpha value is -3.74. The molecule has 0 aliphatic carbocycles. The van der Waals surface area contributed by atoms with Gasteiger partial charge in [-0.2, -0.15) is 0 Å². The monoisotopic (exact) mass is 672 g/mol. The van der Waals surface area contributed by atoms with Crippen molar-refractivity contribution in [3.05, 3.63) is 101 Å². The highest BCUT2D eigenvalue weighted by atomic mass is 32.2. The van der Waals surface area contributed by atoms with Crippen molar-refractivity contribution in [3.8, 4) is 0 Å². The Kier molecular flexibility index (Phi) is 14.9. The summed E-state index contributed by atoms with van der Waals surface area (Å²) in [6.07, 6.45) is 4.30. The van der Waals surface area contributed by atoms with Crippen LogP contribution in [0.5, 0.6) is 0 Å². The lowest BCUT2D eigenvalue weighted by Gasteiger charge is -2.28. The molecule has 2 aromatic carbocycles. The standard InChI is InChI=1S/C35H46F2N4O5S/c1-4-8-30(9-5-2)47(45,46)23-32(41-34(43)27-12-14-38-15-13-27)35(44)40-31(19-26-17-28(36)20-29(37)18-26)33(42)22-39-21-25-11-7-10-24(6-3)16-25/h7,10-18,20,30-33,39,42H,4-6,8-9,19,21-23H2,1-3H3,(H,40,44)(H,41,43)/t31-,32+,33+/m0/s1. The van der Waals surface area contributed by atoms with Gasteiger partial charge in [0.05, 0.1) is 23.1 Å². The van der Waals surface area contributed by atoms with Gasteiger partial charge in [-0.15, -0.1) is 0 Å². The molecule has 9 nitrogen and oxygen atoms in total. The second-order valence-electron chi connectivity index (χ2n) is 11.8. The fraction of sp³-hybridized carbons (Fsp3) is 0.457. The molecule has 0 saturated carbocycles. The third-order valence-corrected chi connectivity index (χ3v) is 10.2. The maximum atomic E-state index is 14.1. The molecule has 1 heterocycles. The minimum absolute atomic E-state index is 0.000507. The number of benzene rings is 2. The summed E-state index contributed by atoms with van der Waals surface area (Å²) in [4.78, 5) is 30.9. The predicted octanol–water partition coefficient (Wildman–Crippen LogP) is 4.28. The third-order valence-electron chi connectivity index (χ3n) is 7.94. The van der Waals surface area contributed by atoms with Crippen LogP contribution < -0.4 is 16.0 Å². The number of nitrogens with zero attached hydrogens (tertiary/aromatic N) is 1. The van der Waals surface area contributed by atoms with Crippen molar-refractivity contribution in [2.24, 2.45) is 0 Å². The molecule has 0 saturated heterocycles. The Morgan fingerprint density at radius 3 is 2.13 bits per heavy atom. The molecule has 0 radical (unpaired) electrons. The van der Waals surface area contributed by atoms with Gasteiger partial charge in [0.25, 0.3) is 5.91 Å². The van der Waals surface area contributed by atoms with E-state index in [9.17, 15) is 31.9 Å². The summed E-state index contributed by atoms with van der Waals surface area (Å²) in [6, 6.07) is 11.1. The summed E-state index contributed by atoms with van der Waals surface area (Å²) < 4.78 is 55.3. The van der Waals surface area contributed by atoms with Crippen LogP contribution >= 0.6 is 0 Å². The van der Waals surface area contributed by atoms with Crippen LogP contribution in [0.3, 0.4) is 0 Å².